The Labute approximate surface area is 191 Å². The number of benzene rings is 2. The quantitative estimate of drug-likeness (QED) is 0.659. The Balaban J connectivity index is 1.37. The zero-order valence-electron chi connectivity index (χ0n) is 18.0. The first-order valence-electron chi connectivity index (χ1n) is 10.5. The fourth-order valence-electron chi connectivity index (χ4n) is 3.73. The van der Waals surface area contributed by atoms with E-state index in [-0.39, 0.29) is 55.4 Å². The van der Waals surface area contributed by atoms with Crippen LogP contribution in [0.5, 0.6) is 5.75 Å². The maximum absolute atomic E-state index is 13.1. The summed E-state index contributed by atoms with van der Waals surface area (Å²) in [5.74, 6) is -0.556. The van der Waals surface area contributed by atoms with Crippen LogP contribution in [-0.4, -0.2) is 74.2 Å². The van der Waals surface area contributed by atoms with Gasteiger partial charge in [0.15, 0.2) is 6.61 Å². The molecule has 10 nitrogen and oxygen atoms in total. The van der Waals surface area contributed by atoms with Crippen molar-refractivity contribution in [2.24, 2.45) is 0 Å². The minimum Gasteiger partial charge on any atom is -0.482 e. The van der Waals surface area contributed by atoms with Gasteiger partial charge in [-0.15, -0.1) is 0 Å². The molecule has 0 aromatic heterocycles. The zero-order valence-corrected chi connectivity index (χ0v) is 18.8. The average molecular weight is 473 g/mol. The zero-order chi connectivity index (χ0) is 23.6. The van der Waals surface area contributed by atoms with Crippen molar-refractivity contribution in [1.29, 1.82) is 0 Å². The van der Waals surface area contributed by atoms with Gasteiger partial charge in [0.1, 0.15) is 11.8 Å². The third-order valence-corrected chi connectivity index (χ3v) is 7.42. The third-order valence-electron chi connectivity index (χ3n) is 5.53. The molecule has 0 radical (unpaired) electrons. The molecule has 2 aromatic carbocycles. The highest BCUT2D eigenvalue weighted by Crippen LogP contribution is 2.31. The lowest BCUT2D eigenvalue weighted by atomic mass is 10.2. The fraction of sp³-hybridized carbons (Fsp3) is 0.318. The number of hydrogen-bond donors (Lipinski definition) is 2. The Morgan fingerprint density at radius 3 is 2.45 bits per heavy atom. The predicted octanol–water partition coefficient (Wildman–Crippen LogP) is 0.669. The first-order valence-corrected chi connectivity index (χ1v) is 11.9. The number of anilines is 1. The molecule has 33 heavy (non-hydrogen) atoms. The van der Waals surface area contributed by atoms with Crippen molar-refractivity contribution in [2.45, 2.75) is 17.9 Å². The van der Waals surface area contributed by atoms with E-state index >= 15 is 0 Å². The molecule has 1 atom stereocenters. The van der Waals surface area contributed by atoms with Crippen LogP contribution < -0.4 is 15.4 Å². The van der Waals surface area contributed by atoms with E-state index in [0.717, 1.165) is 0 Å². The molecule has 2 aliphatic rings. The van der Waals surface area contributed by atoms with Gasteiger partial charge in [-0.2, -0.15) is 4.31 Å². The van der Waals surface area contributed by atoms with Crippen LogP contribution in [-0.2, 0) is 19.6 Å². The number of piperazine rings is 1. The highest BCUT2D eigenvalue weighted by atomic mass is 32.2. The largest absolute Gasteiger partial charge is 0.482 e. The van der Waals surface area contributed by atoms with E-state index < -0.39 is 16.1 Å². The minimum absolute atomic E-state index is 0.0373. The molecule has 11 heteroatoms. The van der Waals surface area contributed by atoms with Gasteiger partial charge in [-0.1, -0.05) is 18.2 Å². The molecular weight excluding hydrogens is 448 g/mol. The lowest BCUT2D eigenvalue weighted by Crippen LogP contribution is -2.55. The number of carbonyl (C=O) groups is 3. The monoisotopic (exact) mass is 472 g/mol. The first kappa shape index (κ1) is 22.7. The molecule has 3 amide bonds. The van der Waals surface area contributed by atoms with Gasteiger partial charge in [-0.05, 0) is 37.3 Å². The van der Waals surface area contributed by atoms with Crippen LogP contribution in [0.15, 0.2) is 53.4 Å². The van der Waals surface area contributed by atoms with Crippen molar-refractivity contribution in [3.63, 3.8) is 0 Å². The molecule has 0 saturated carbocycles. The first-order chi connectivity index (χ1) is 15.8. The minimum atomic E-state index is -3.82. The third kappa shape index (κ3) is 4.83. The highest BCUT2D eigenvalue weighted by Gasteiger charge is 2.32. The number of ether oxygens (including phenoxy) is 1. The maximum atomic E-state index is 13.1. The number of rotatable bonds is 5. The number of sulfonamides is 1. The summed E-state index contributed by atoms with van der Waals surface area (Å²) in [7, 11) is -3.82. The van der Waals surface area contributed by atoms with Crippen molar-refractivity contribution in [2.75, 3.05) is 38.1 Å². The Morgan fingerprint density at radius 1 is 1.06 bits per heavy atom. The van der Waals surface area contributed by atoms with Crippen LogP contribution in [0.3, 0.4) is 0 Å². The molecule has 0 spiro atoms. The summed E-state index contributed by atoms with van der Waals surface area (Å²) in [6, 6.07) is 12.2. The summed E-state index contributed by atoms with van der Waals surface area (Å²) in [4.78, 5) is 38.2. The van der Waals surface area contributed by atoms with Crippen LogP contribution in [0.2, 0.25) is 0 Å². The molecule has 4 rings (SSSR count). The van der Waals surface area contributed by atoms with Gasteiger partial charge in [-0.25, -0.2) is 8.42 Å². The van der Waals surface area contributed by atoms with E-state index in [0.29, 0.717) is 17.0 Å². The number of nitrogens with zero attached hydrogens (tertiary/aromatic N) is 2. The van der Waals surface area contributed by atoms with E-state index in [1.807, 2.05) is 0 Å². The molecule has 1 unspecified atom stereocenters. The number of hydrogen-bond acceptors (Lipinski definition) is 6. The van der Waals surface area contributed by atoms with Crippen molar-refractivity contribution < 1.29 is 27.5 Å². The molecule has 0 bridgehead atoms. The van der Waals surface area contributed by atoms with Gasteiger partial charge < -0.3 is 20.3 Å². The summed E-state index contributed by atoms with van der Waals surface area (Å²) < 4.78 is 32.7. The predicted molar refractivity (Wildman–Crippen MR) is 119 cm³/mol. The van der Waals surface area contributed by atoms with E-state index in [2.05, 4.69) is 10.6 Å². The number of amides is 3. The van der Waals surface area contributed by atoms with Gasteiger partial charge in [0.2, 0.25) is 15.9 Å². The van der Waals surface area contributed by atoms with Gasteiger partial charge in [0.25, 0.3) is 11.8 Å². The van der Waals surface area contributed by atoms with Crippen LogP contribution in [0.4, 0.5) is 5.69 Å². The summed E-state index contributed by atoms with van der Waals surface area (Å²) in [6.45, 7) is 2.14. The van der Waals surface area contributed by atoms with E-state index in [9.17, 15) is 22.8 Å². The Bertz CT molecular complexity index is 1180. The smallest absolute Gasteiger partial charge is 0.262 e. The molecule has 2 aliphatic heterocycles. The number of carbonyl (C=O) groups excluding carboxylic acids is 3. The van der Waals surface area contributed by atoms with Crippen LogP contribution in [0.25, 0.3) is 0 Å². The molecule has 0 aliphatic carbocycles. The summed E-state index contributed by atoms with van der Waals surface area (Å²) >= 11 is 0. The SMILES string of the molecule is CC(NC(=O)c1ccccc1)C(=O)N1CCN(S(=O)(=O)c2ccc3c(c2)NC(=O)CO3)CC1. The number of fused-ring (bicyclic) bond motifs is 1. The maximum Gasteiger partial charge on any atom is 0.262 e. The van der Waals surface area contributed by atoms with Crippen molar-refractivity contribution >= 4 is 33.4 Å². The van der Waals surface area contributed by atoms with Crippen LogP contribution in [0.1, 0.15) is 17.3 Å². The van der Waals surface area contributed by atoms with Crippen LogP contribution in [0, 0.1) is 0 Å². The molecular formula is C22H24N4O6S. The summed E-state index contributed by atoms with van der Waals surface area (Å²) in [5.41, 5.74) is 0.767. The molecule has 1 saturated heterocycles. The Hall–Kier alpha value is -3.44. The normalized spacial score (nSPS) is 17.4. The second-order valence-corrected chi connectivity index (χ2v) is 9.72. The van der Waals surface area contributed by atoms with Crippen LogP contribution >= 0.6 is 0 Å². The topological polar surface area (TPSA) is 125 Å². The molecule has 1 fully saturated rings. The van der Waals surface area contributed by atoms with E-state index in [1.54, 1.807) is 42.2 Å². The van der Waals surface area contributed by atoms with Crippen molar-refractivity contribution in [3.05, 3.63) is 54.1 Å². The van der Waals surface area contributed by atoms with Crippen molar-refractivity contribution in [3.8, 4) is 5.75 Å². The van der Waals surface area contributed by atoms with E-state index in [4.69, 9.17) is 4.74 Å². The molecule has 174 valence electrons. The molecule has 2 aromatic rings. The summed E-state index contributed by atoms with van der Waals surface area (Å²) in [5, 5.41) is 5.29. The fourth-order valence-corrected chi connectivity index (χ4v) is 5.17. The standard InChI is InChI=1S/C22H24N4O6S/c1-15(23-21(28)16-5-3-2-4-6-16)22(29)25-9-11-26(12-10-25)33(30,31)17-7-8-19-18(13-17)24-20(27)14-32-19/h2-8,13,15H,9-12,14H2,1H3,(H,23,28)(H,24,27). The van der Waals surface area contributed by atoms with Crippen molar-refractivity contribution in [1.82, 2.24) is 14.5 Å². The lowest BCUT2D eigenvalue weighted by molar-refractivity contribution is -0.134. The number of nitrogens with one attached hydrogen (secondary N) is 2. The second-order valence-electron chi connectivity index (χ2n) is 7.79. The summed E-state index contributed by atoms with van der Waals surface area (Å²) in [6.07, 6.45) is 0. The average Bonchev–Trinajstić information content (AvgIpc) is 2.83. The van der Waals surface area contributed by atoms with Gasteiger partial charge >= 0.3 is 0 Å². The van der Waals surface area contributed by atoms with Gasteiger partial charge in [0.05, 0.1) is 10.6 Å². The van der Waals surface area contributed by atoms with Gasteiger partial charge in [-0.3, -0.25) is 14.4 Å². The molecule has 2 heterocycles. The Kier molecular flexibility index (Phi) is 6.34. The lowest BCUT2D eigenvalue weighted by Gasteiger charge is -2.35. The molecule has 2 N–H and O–H groups in total. The second kappa shape index (κ2) is 9.20. The van der Waals surface area contributed by atoms with Gasteiger partial charge in [0, 0.05) is 31.7 Å². The Morgan fingerprint density at radius 2 is 1.76 bits per heavy atom. The highest BCUT2D eigenvalue weighted by molar-refractivity contribution is 7.89. The van der Waals surface area contributed by atoms with E-state index in [1.165, 1.54) is 22.5 Å².